The number of fused-ring (bicyclic) bond motifs is 3. The van der Waals surface area contributed by atoms with Gasteiger partial charge in [-0.05, 0) is 41.0 Å². The molecule has 2 aliphatic carbocycles. The second-order valence-electron chi connectivity index (χ2n) is 8.08. The Morgan fingerprint density at radius 3 is 2.10 bits per heavy atom. The number of nitrogens with zero attached hydrogens (tertiary/aromatic N) is 1. The molecule has 1 amide bonds. The molecule has 2 aromatic carbocycles. The first-order chi connectivity index (χ1) is 14.1. The Morgan fingerprint density at radius 2 is 1.52 bits per heavy atom. The van der Waals surface area contributed by atoms with Gasteiger partial charge >= 0.3 is 12.1 Å². The normalized spacial score (nSPS) is 16.1. The summed E-state index contributed by atoms with van der Waals surface area (Å²) in [7, 11) is 0. The zero-order valence-corrected chi connectivity index (χ0v) is 16.5. The Morgan fingerprint density at radius 1 is 0.931 bits per heavy atom. The second kappa shape index (κ2) is 8.68. The third-order valence-electron chi connectivity index (χ3n) is 6.12. The first-order valence-corrected chi connectivity index (χ1v) is 10.4. The molecule has 1 saturated carbocycles. The zero-order valence-electron chi connectivity index (χ0n) is 16.5. The van der Waals surface area contributed by atoms with Gasteiger partial charge in [-0.2, -0.15) is 0 Å². The van der Waals surface area contributed by atoms with Crippen LogP contribution in [0.5, 0.6) is 0 Å². The molecule has 4 rings (SSSR count). The maximum Gasteiger partial charge on any atom is 0.410 e. The van der Waals surface area contributed by atoms with Gasteiger partial charge < -0.3 is 9.84 Å². The van der Waals surface area contributed by atoms with Crippen LogP contribution in [-0.2, 0) is 9.53 Å². The number of rotatable bonds is 6. The van der Waals surface area contributed by atoms with E-state index in [0.717, 1.165) is 36.8 Å². The van der Waals surface area contributed by atoms with Gasteiger partial charge in [0.1, 0.15) is 13.2 Å². The Balaban J connectivity index is 1.46. The molecule has 5 heteroatoms. The first-order valence-electron chi connectivity index (χ1n) is 10.4. The van der Waals surface area contributed by atoms with E-state index >= 15 is 0 Å². The molecule has 5 nitrogen and oxygen atoms in total. The van der Waals surface area contributed by atoms with Crippen LogP contribution in [0.2, 0.25) is 0 Å². The molecule has 1 N–H and O–H groups in total. The number of benzene rings is 2. The molecule has 0 spiro atoms. The van der Waals surface area contributed by atoms with Crippen molar-refractivity contribution in [3.63, 3.8) is 0 Å². The van der Waals surface area contributed by atoms with E-state index in [1.807, 2.05) is 24.3 Å². The number of hydrogen-bond donors (Lipinski definition) is 1. The van der Waals surface area contributed by atoms with Gasteiger partial charge in [-0.15, -0.1) is 0 Å². The van der Waals surface area contributed by atoms with E-state index in [1.54, 1.807) is 0 Å². The molecule has 0 saturated heterocycles. The zero-order chi connectivity index (χ0) is 20.2. The summed E-state index contributed by atoms with van der Waals surface area (Å²) < 4.78 is 5.67. The average molecular weight is 393 g/mol. The molecule has 0 heterocycles. The lowest BCUT2D eigenvalue weighted by Crippen LogP contribution is -2.40. The third-order valence-corrected chi connectivity index (χ3v) is 6.12. The lowest BCUT2D eigenvalue weighted by Gasteiger charge is -2.28. The van der Waals surface area contributed by atoms with Crippen LogP contribution in [0.15, 0.2) is 48.5 Å². The van der Waals surface area contributed by atoms with Crippen molar-refractivity contribution < 1.29 is 19.4 Å². The summed E-state index contributed by atoms with van der Waals surface area (Å²) in [6.07, 6.45) is 5.09. The molecule has 0 aliphatic heterocycles. The molecule has 2 aliphatic rings. The number of amides is 1. The molecule has 0 unspecified atom stereocenters. The van der Waals surface area contributed by atoms with E-state index in [9.17, 15) is 14.7 Å². The van der Waals surface area contributed by atoms with Gasteiger partial charge in [0, 0.05) is 12.5 Å². The second-order valence-corrected chi connectivity index (χ2v) is 8.08. The summed E-state index contributed by atoms with van der Waals surface area (Å²) in [4.78, 5) is 25.4. The minimum absolute atomic E-state index is 0.0206. The molecule has 152 valence electrons. The van der Waals surface area contributed by atoms with Gasteiger partial charge in [-0.25, -0.2) is 4.79 Å². The Bertz CT molecular complexity index is 842. The molecule has 0 aromatic heterocycles. The number of carboxylic acid groups (broad SMARTS) is 1. The monoisotopic (exact) mass is 393 g/mol. The highest BCUT2D eigenvalue weighted by Gasteiger charge is 2.30. The number of aliphatic carboxylic acids is 1. The van der Waals surface area contributed by atoms with Crippen LogP contribution >= 0.6 is 0 Å². The van der Waals surface area contributed by atoms with Crippen molar-refractivity contribution in [2.24, 2.45) is 5.92 Å². The Hall–Kier alpha value is -2.82. The maximum absolute atomic E-state index is 12.8. The summed E-state index contributed by atoms with van der Waals surface area (Å²) in [6.45, 7) is 0.365. The van der Waals surface area contributed by atoms with Gasteiger partial charge in [0.05, 0.1) is 0 Å². The fourth-order valence-electron chi connectivity index (χ4n) is 4.73. The summed E-state index contributed by atoms with van der Waals surface area (Å²) in [5.41, 5.74) is 4.65. The predicted molar refractivity (Wildman–Crippen MR) is 111 cm³/mol. The number of hydrogen-bond acceptors (Lipinski definition) is 3. The quantitative estimate of drug-likeness (QED) is 0.758. The standard InChI is InChI=1S/C24H27NO4/c26-23(27)15-25(14-17-8-2-1-3-9-17)24(28)29-16-22-20-12-6-4-10-18(20)19-11-5-7-13-21(19)22/h4-7,10-13,17,22H,1-3,8-9,14-16H2,(H,26,27). The number of carbonyl (C=O) groups excluding carboxylic acids is 1. The Kier molecular flexibility index (Phi) is 5.84. The largest absolute Gasteiger partial charge is 0.480 e. The summed E-state index contributed by atoms with van der Waals surface area (Å²) in [5, 5.41) is 9.25. The highest BCUT2D eigenvalue weighted by atomic mass is 16.6. The van der Waals surface area contributed by atoms with Crippen molar-refractivity contribution in [3.05, 3.63) is 59.7 Å². The molecule has 1 fully saturated rings. The van der Waals surface area contributed by atoms with Crippen molar-refractivity contribution in [3.8, 4) is 11.1 Å². The summed E-state index contributed by atoms with van der Waals surface area (Å²) in [6, 6.07) is 16.4. The van der Waals surface area contributed by atoms with E-state index in [0.29, 0.717) is 12.5 Å². The van der Waals surface area contributed by atoms with Crippen LogP contribution in [-0.4, -0.2) is 41.8 Å². The topological polar surface area (TPSA) is 66.8 Å². The van der Waals surface area contributed by atoms with Gasteiger partial charge in [0.15, 0.2) is 0 Å². The van der Waals surface area contributed by atoms with Gasteiger partial charge in [-0.1, -0.05) is 67.8 Å². The van der Waals surface area contributed by atoms with E-state index in [4.69, 9.17) is 4.74 Å². The summed E-state index contributed by atoms with van der Waals surface area (Å²) in [5.74, 6) is -0.661. The molecular weight excluding hydrogens is 366 g/mol. The van der Waals surface area contributed by atoms with Crippen LogP contribution in [0.3, 0.4) is 0 Å². The molecular formula is C24H27NO4. The fraction of sp³-hybridized carbons (Fsp3) is 0.417. The van der Waals surface area contributed by atoms with E-state index in [-0.39, 0.29) is 19.1 Å². The smallest absolute Gasteiger partial charge is 0.410 e. The lowest BCUT2D eigenvalue weighted by molar-refractivity contribution is -0.138. The lowest BCUT2D eigenvalue weighted by atomic mass is 9.89. The van der Waals surface area contributed by atoms with Crippen LogP contribution in [0.4, 0.5) is 4.79 Å². The highest BCUT2D eigenvalue weighted by molar-refractivity contribution is 5.79. The molecule has 0 atom stereocenters. The average Bonchev–Trinajstić information content (AvgIpc) is 3.06. The van der Waals surface area contributed by atoms with Crippen LogP contribution < -0.4 is 0 Å². The molecule has 0 radical (unpaired) electrons. The SMILES string of the molecule is O=C(O)CN(CC1CCCCC1)C(=O)OCC1c2ccccc2-c2ccccc21. The fourth-order valence-corrected chi connectivity index (χ4v) is 4.73. The van der Waals surface area contributed by atoms with Gasteiger partial charge in [0.25, 0.3) is 0 Å². The molecule has 0 bridgehead atoms. The highest BCUT2D eigenvalue weighted by Crippen LogP contribution is 2.44. The van der Waals surface area contributed by atoms with Crippen molar-refractivity contribution in [2.75, 3.05) is 19.7 Å². The van der Waals surface area contributed by atoms with E-state index in [2.05, 4.69) is 24.3 Å². The molecule has 2 aromatic rings. The van der Waals surface area contributed by atoms with Crippen molar-refractivity contribution >= 4 is 12.1 Å². The van der Waals surface area contributed by atoms with Crippen LogP contribution in [0.1, 0.15) is 49.1 Å². The van der Waals surface area contributed by atoms with Gasteiger partial charge in [-0.3, -0.25) is 9.69 Å². The number of carboxylic acids is 1. The third kappa shape index (κ3) is 4.29. The Labute approximate surface area is 171 Å². The van der Waals surface area contributed by atoms with Crippen LogP contribution in [0.25, 0.3) is 11.1 Å². The summed E-state index contributed by atoms with van der Waals surface area (Å²) >= 11 is 0. The molecule has 29 heavy (non-hydrogen) atoms. The van der Waals surface area contributed by atoms with Crippen molar-refractivity contribution in [1.29, 1.82) is 0 Å². The maximum atomic E-state index is 12.8. The predicted octanol–water partition coefficient (Wildman–Crippen LogP) is 4.90. The van der Waals surface area contributed by atoms with Gasteiger partial charge in [0.2, 0.25) is 0 Å². The first kappa shape index (κ1) is 19.5. The minimum atomic E-state index is -1.01. The van der Waals surface area contributed by atoms with E-state index in [1.165, 1.54) is 22.4 Å². The van der Waals surface area contributed by atoms with Crippen LogP contribution in [0, 0.1) is 5.92 Å². The number of carbonyl (C=O) groups is 2. The van der Waals surface area contributed by atoms with E-state index < -0.39 is 12.1 Å². The minimum Gasteiger partial charge on any atom is -0.480 e. The van der Waals surface area contributed by atoms with Crippen molar-refractivity contribution in [1.82, 2.24) is 4.90 Å². The number of ether oxygens (including phenoxy) is 1. The van der Waals surface area contributed by atoms with Crippen molar-refractivity contribution in [2.45, 2.75) is 38.0 Å².